The van der Waals surface area contributed by atoms with E-state index in [0.29, 0.717) is 0 Å². The second-order valence-corrected chi connectivity index (χ2v) is 8.70. The van der Waals surface area contributed by atoms with Gasteiger partial charge in [0.25, 0.3) is 0 Å². The molecule has 0 spiro atoms. The number of hydrogen-bond donors (Lipinski definition) is 0. The van der Waals surface area contributed by atoms with Crippen molar-refractivity contribution >= 4 is 67.6 Å². The Hall–Kier alpha value is -0.560. The number of hydrogen-bond acceptors (Lipinski definition) is 6. The predicted octanol–water partition coefficient (Wildman–Crippen LogP) is 5.03. The van der Waals surface area contributed by atoms with Crippen LogP contribution < -0.4 is 0 Å². The Morgan fingerprint density at radius 1 is 1.24 bits per heavy atom. The minimum Gasteiger partial charge on any atom is -0.316 e. The first-order valence-corrected chi connectivity index (χ1v) is 10.7. The third-order valence-corrected chi connectivity index (χ3v) is 7.92. The van der Waals surface area contributed by atoms with E-state index < -0.39 is 0 Å². The summed E-state index contributed by atoms with van der Waals surface area (Å²) in [5.41, 5.74) is 1.37. The second-order valence-electron chi connectivity index (χ2n) is 4.75. The van der Waals surface area contributed by atoms with Gasteiger partial charge in [0.15, 0.2) is 5.17 Å². The van der Waals surface area contributed by atoms with E-state index in [1.165, 1.54) is 35.0 Å². The van der Waals surface area contributed by atoms with Crippen molar-refractivity contribution in [1.82, 2.24) is 4.90 Å². The van der Waals surface area contributed by atoms with Crippen molar-refractivity contribution in [2.24, 2.45) is 4.99 Å². The molecule has 4 rings (SSSR count). The third kappa shape index (κ3) is 2.23. The molecule has 0 amide bonds. The molecule has 0 N–H and O–H groups in total. The van der Waals surface area contributed by atoms with E-state index in [0.717, 1.165) is 13.1 Å². The molecule has 3 heterocycles. The smallest absolute Gasteiger partial charge is 0.169 e. The van der Waals surface area contributed by atoms with Crippen LogP contribution in [0.15, 0.2) is 38.4 Å². The van der Waals surface area contributed by atoms with Crippen molar-refractivity contribution in [2.75, 3.05) is 25.6 Å². The Bertz CT molecular complexity index is 775. The fourth-order valence-electron chi connectivity index (χ4n) is 2.65. The molecule has 0 fully saturated rings. The fraction of sp³-hybridized carbons (Fsp3) is 0.267. The summed E-state index contributed by atoms with van der Waals surface area (Å²) in [5, 5.41) is 2.53. The average Bonchev–Trinajstić information content (AvgIpc) is 3.18. The molecule has 6 heteroatoms. The highest BCUT2D eigenvalue weighted by atomic mass is 32.2. The summed E-state index contributed by atoms with van der Waals surface area (Å²) in [5.74, 6) is 0. The van der Waals surface area contributed by atoms with E-state index >= 15 is 0 Å². The van der Waals surface area contributed by atoms with Gasteiger partial charge in [-0.3, -0.25) is 4.99 Å². The Morgan fingerprint density at radius 3 is 2.95 bits per heavy atom. The van der Waals surface area contributed by atoms with Crippen molar-refractivity contribution in [3.63, 3.8) is 0 Å². The topological polar surface area (TPSA) is 15.6 Å². The van der Waals surface area contributed by atoms with E-state index in [2.05, 4.69) is 46.7 Å². The lowest BCUT2D eigenvalue weighted by molar-refractivity contribution is 0.651. The van der Waals surface area contributed by atoms with Crippen LogP contribution >= 0.6 is 46.6 Å². The van der Waals surface area contributed by atoms with E-state index in [9.17, 15) is 0 Å². The van der Waals surface area contributed by atoms with Gasteiger partial charge >= 0.3 is 0 Å². The predicted molar refractivity (Wildman–Crippen MR) is 101 cm³/mol. The Labute approximate surface area is 141 Å². The molecule has 0 saturated carbocycles. The van der Waals surface area contributed by atoms with Crippen molar-refractivity contribution < 1.29 is 0 Å². The molecule has 2 nitrogen and oxygen atoms in total. The van der Waals surface area contributed by atoms with Crippen LogP contribution in [0.4, 0.5) is 0 Å². The standard InChI is InChI=1S/C15H14N2S4/c1-18-10-5-3-4-9-8-11(20-13(9)10)12-14(19-2)21-15-16-6-7-17(12)15/h3-5,8H,6-7H2,1-2H3. The van der Waals surface area contributed by atoms with Gasteiger partial charge in [-0.25, -0.2) is 0 Å². The quantitative estimate of drug-likeness (QED) is 0.721. The molecule has 0 radical (unpaired) electrons. The van der Waals surface area contributed by atoms with Crippen LogP contribution in [0.25, 0.3) is 15.8 Å². The highest BCUT2D eigenvalue weighted by Gasteiger charge is 2.33. The van der Waals surface area contributed by atoms with Crippen LogP contribution in [0.2, 0.25) is 0 Å². The number of benzene rings is 1. The molecule has 2 aliphatic heterocycles. The highest BCUT2D eigenvalue weighted by molar-refractivity contribution is 8.30. The maximum atomic E-state index is 4.61. The van der Waals surface area contributed by atoms with E-state index in [-0.39, 0.29) is 0 Å². The first-order chi connectivity index (χ1) is 10.3. The number of nitrogens with zero attached hydrogens (tertiary/aromatic N) is 2. The van der Waals surface area contributed by atoms with Crippen molar-refractivity contribution in [2.45, 2.75) is 4.90 Å². The first-order valence-electron chi connectivity index (χ1n) is 6.67. The number of rotatable bonds is 3. The summed E-state index contributed by atoms with van der Waals surface area (Å²) in [7, 11) is 0. The molecule has 1 aromatic carbocycles. The molecule has 0 aliphatic carbocycles. The van der Waals surface area contributed by atoms with Crippen LogP contribution in [-0.4, -0.2) is 35.7 Å². The van der Waals surface area contributed by atoms with Gasteiger partial charge in [-0.2, -0.15) is 0 Å². The molecule has 21 heavy (non-hydrogen) atoms. The minimum atomic E-state index is 0.925. The summed E-state index contributed by atoms with van der Waals surface area (Å²) in [4.78, 5) is 9.74. The molecule has 0 saturated heterocycles. The van der Waals surface area contributed by atoms with Crippen LogP contribution in [-0.2, 0) is 0 Å². The Balaban J connectivity index is 1.87. The summed E-state index contributed by atoms with van der Waals surface area (Å²) in [6.45, 7) is 1.94. The molecule has 0 unspecified atom stereocenters. The van der Waals surface area contributed by atoms with Crippen LogP contribution in [0, 0.1) is 0 Å². The van der Waals surface area contributed by atoms with E-state index in [1.54, 1.807) is 0 Å². The summed E-state index contributed by atoms with van der Waals surface area (Å²) in [6.07, 6.45) is 4.31. The van der Waals surface area contributed by atoms with E-state index in [1.807, 2.05) is 46.6 Å². The third-order valence-electron chi connectivity index (χ3n) is 3.60. The fourth-order valence-corrected chi connectivity index (χ4v) is 6.70. The van der Waals surface area contributed by atoms with Gasteiger partial charge < -0.3 is 4.90 Å². The average molecular weight is 351 g/mol. The summed E-state index contributed by atoms with van der Waals surface area (Å²) in [6, 6.07) is 8.92. The van der Waals surface area contributed by atoms with Gasteiger partial charge in [-0.15, -0.1) is 34.9 Å². The van der Waals surface area contributed by atoms with Gasteiger partial charge in [0.1, 0.15) is 0 Å². The first kappa shape index (κ1) is 14.1. The van der Waals surface area contributed by atoms with Crippen LogP contribution in [0.5, 0.6) is 0 Å². The molecule has 0 bridgehead atoms. The summed E-state index contributed by atoms with van der Waals surface area (Å²) < 4.78 is 2.79. The van der Waals surface area contributed by atoms with Gasteiger partial charge in [0, 0.05) is 16.1 Å². The number of thioether (sulfide) groups is 3. The van der Waals surface area contributed by atoms with Crippen LogP contribution in [0.1, 0.15) is 4.88 Å². The van der Waals surface area contributed by atoms with Crippen molar-refractivity contribution in [3.05, 3.63) is 33.4 Å². The summed E-state index contributed by atoms with van der Waals surface area (Å²) >= 11 is 7.40. The number of aliphatic imine (C=N–C) groups is 1. The SMILES string of the molecule is CSC1=C(c2cc3cccc(SC)c3s2)N2CCN=C2S1. The van der Waals surface area contributed by atoms with Gasteiger partial charge in [-0.1, -0.05) is 12.1 Å². The number of thiophene rings is 1. The normalized spacial score (nSPS) is 17.8. The van der Waals surface area contributed by atoms with Gasteiger partial charge in [-0.05, 0) is 41.8 Å². The Kier molecular flexibility index (Phi) is 3.73. The Morgan fingerprint density at radius 2 is 2.14 bits per heavy atom. The lowest BCUT2D eigenvalue weighted by atomic mass is 10.2. The number of fused-ring (bicyclic) bond motifs is 2. The minimum absolute atomic E-state index is 0.925. The molecule has 2 aliphatic rings. The maximum absolute atomic E-state index is 4.61. The number of amidine groups is 1. The maximum Gasteiger partial charge on any atom is 0.169 e. The van der Waals surface area contributed by atoms with Crippen molar-refractivity contribution in [1.29, 1.82) is 0 Å². The highest BCUT2D eigenvalue weighted by Crippen LogP contribution is 2.49. The van der Waals surface area contributed by atoms with Gasteiger partial charge in [0.05, 0.1) is 21.4 Å². The largest absolute Gasteiger partial charge is 0.316 e. The lowest BCUT2D eigenvalue weighted by Gasteiger charge is -2.15. The van der Waals surface area contributed by atoms with Gasteiger partial charge in [0.2, 0.25) is 0 Å². The zero-order valence-corrected chi connectivity index (χ0v) is 15.0. The van der Waals surface area contributed by atoms with Crippen LogP contribution in [0.3, 0.4) is 0 Å². The zero-order valence-electron chi connectivity index (χ0n) is 11.8. The molecule has 0 atom stereocenters. The molecule has 108 valence electrons. The molecule has 2 aromatic rings. The monoisotopic (exact) mass is 350 g/mol. The molecule has 1 aromatic heterocycles. The second kappa shape index (κ2) is 5.57. The molecular weight excluding hydrogens is 336 g/mol. The molecular formula is C15H14N2S4. The van der Waals surface area contributed by atoms with E-state index in [4.69, 9.17) is 0 Å². The van der Waals surface area contributed by atoms with Crippen molar-refractivity contribution in [3.8, 4) is 0 Å². The zero-order chi connectivity index (χ0) is 14.4. The lowest BCUT2D eigenvalue weighted by Crippen LogP contribution is -2.19.